The van der Waals surface area contributed by atoms with Crippen LogP contribution in [0.1, 0.15) is 0 Å². The van der Waals surface area contributed by atoms with Gasteiger partial charge in [-0.15, -0.1) is 5.10 Å². The largest absolute Gasteiger partial charge is 0.323 e. The first-order valence-electron chi connectivity index (χ1n) is 7.20. The fraction of sp³-hybridized carbons (Fsp3) is 0.125. The van der Waals surface area contributed by atoms with Gasteiger partial charge in [0, 0.05) is 0 Å². The molecule has 1 aromatic heterocycles. The van der Waals surface area contributed by atoms with E-state index in [1.807, 2.05) is 42.5 Å². The van der Waals surface area contributed by atoms with E-state index in [0.717, 1.165) is 11.0 Å². The second-order valence-corrected chi connectivity index (χ2v) is 5.28. The van der Waals surface area contributed by atoms with E-state index in [1.54, 1.807) is 10.7 Å². The van der Waals surface area contributed by atoms with Crippen LogP contribution < -0.4 is 10.2 Å². The topological polar surface area (TPSA) is 80.1 Å². The molecule has 1 aliphatic heterocycles. The summed E-state index contributed by atoms with van der Waals surface area (Å²) in [5.74, 6) is -0.413. The Labute approximate surface area is 131 Å². The van der Waals surface area contributed by atoms with Crippen LogP contribution >= 0.6 is 0 Å². The fourth-order valence-corrected chi connectivity index (χ4v) is 2.70. The molecule has 4 rings (SSSR count). The van der Waals surface area contributed by atoms with Gasteiger partial charge in [0.1, 0.15) is 18.6 Å². The Balaban J connectivity index is 1.66. The van der Waals surface area contributed by atoms with Crippen molar-refractivity contribution in [3.63, 3.8) is 0 Å². The summed E-state index contributed by atoms with van der Waals surface area (Å²) in [7, 11) is 0. The quantitative estimate of drug-likeness (QED) is 0.776. The molecule has 0 unspecified atom stereocenters. The smallest absolute Gasteiger partial charge is 0.249 e. The standard InChI is InChI=1S/C16H13N5O2/c22-15-9-20(13-7-3-1-5-11(13)17-15)16(23)10-21-14-8-4-2-6-12(14)18-19-21/h1-8H,9-10H2,(H,17,22). The number of benzene rings is 2. The van der Waals surface area contributed by atoms with Crippen molar-refractivity contribution in [3.05, 3.63) is 48.5 Å². The second-order valence-electron chi connectivity index (χ2n) is 5.28. The predicted molar refractivity (Wildman–Crippen MR) is 85.0 cm³/mol. The zero-order chi connectivity index (χ0) is 15.8. The number of hydrogen-bond donors (Lipinski definition) is 1. The molecule has 0 saturated carbocycles. The molecule has 1 aliphatic rings. The number of anilines is 2. The van der Waals surface area contributed by atoms with E-state index < -0.39 is 0 Å². The van der Waals surface area contributed by atoms with Gasteiger partial charge in [0.15, 0.2) is 0 Å². The summed E-state index contributed by atoms with van der Waals surface area (Å²) in [6.45, 7) is 0.0323. The molecule has 0 atom stereocenters. The van der Waals surface area contributed by atoms with Crippen LogP contribution in [-0.2, 0) is 16.1 Å². The Morgan fingerprint density at radius 1 is 1.13 bits per heavy atom. The third-order valence-corrected chi connectivity index (χ3v) is 3.78. The molecule has 1 N–H and O–H groups in total. The lowest BCUT2D eigenvalue weighted by atomic mass is 10.2. The van der Waals surface area contributed by atoms with Gasteiger partial charge in [0.05, 0.1) is 16.9 Å². The average Bonchev–Trinajstić information content (AvgIpc) is 2.97. The van der Waals surface area contributed by atoms with E-state index >= 15 is 0 Å². The molecular weight excluding hydrogens is 294 g/mol. The zero-order valence-electron chi connectivity index (χ0n) is 12.1. The summed E-state index contributed by atoms with van der Waals surface area (Å²) in [5.41, 5.74) is 2.86. The van der Waals surface area contributed by atoms with Crippen LogP contribution in [0, 0.1) is 0 Å². The van der Waals surface area contributed by atoms with Crippen LogP contribution in [0.4, 0.5) is 11.4 Å². The van der Waals surface area contributed by atoms with Crippen molar-refractivity contribution in [3.8, 4) is 0 Å². The van der Waals surface area contributed by atoms with Crippen molar-refractivity contribution in [2.24, 2.45) is 0 Å². The number of nitrogens with one attached hydrogen (secondary N) is 1. The molecule has 0 fully saturated rings. The maximum absolute atomic E-state index is 12.7. The van der Waals surface area contributed by atoms with Crippen molar-refractivity contribution in [2.45, 2.75) is 6.54 Å². The van der Waals surface area contributed by atoms with Gasteiger partial charge < -0.3 is 5.32 Å². The van der Waals surface area contributed by atoms with Crippen molar-refractivity contribution in [2.75, 3.05) is 16.8 Å². The van der Waals surface area contributed by atoms with E-state index in [2.05, 4.69) is 15.6 Å². The van der Waals surface area contributed by atoms with Gasteiger partial charge in [0.2, 0.25) is 11.8 Å². The lowest BCUT2D eigenvalue weighted by Crippen LogP contribution is -2.43. The summed E-state index contributed by atoms with van der Waals surface area (Å²) in [6.07, 6.45) is 0. The first-order chi connectivity index (χ1) is 11.2. The third kappa shape index (κ3) is 2.32. The number of amides is 2. The summed E-state index contributed by atoms with van der Waals surface area (Å²) in [5, 5.41) is 10.8. The highest BCUT2D eigenvalue weighted by Crippen LogP contribution is 2.29. The molecule has 2 amide bonds. The van der Waals surface area contributed by atoms with Crippen molar-refractivity contribution < 1.29 is 9.59 Å². The normalized spacial score (nSPS) is 13.7. The number of aromatic nitrogens is 3. The van der Waals surface area contributed by atoms with Crippen LogP contribution in [0.3, 0.4) is 0 Å². The van der Waals surface area contributed by atoms with Gasteiger partial charge >= 0.3 is 0 Å². The first kappa shape index (κ1) is 13.4. The lowest BCUT2D eigenvalue weighted by molar-refractivity contribution is -0.122. The van der Waals surface area contributed by atoms with E-state index in [0.29, 0.717) is 11.4 Å². The molecule has 0 spiro atoms. The summed E-state index contributed by atoms with van der Waals surface area (Å²) < 4.78 is 1.55. The van der Waals surface area contributed by atoms with E-state index in [4.69, 9.17) is 0 Å². The number of carbonyl (C=O) groups is 2. The maximum atomic E-state index is 12.7. The van der Waals surface area contributed by atoms with Gasteiger partial charge in [-0.05, 0) is 24.3 Å². The number of para-hydroxylation sites is 3. The monoisotopic (exact) mass is 307 g/mol. The van der Waals surface area contributed by atoms with Crippen molar-refractivity contribution >= 4 is 34.2 Å². The van der Waals surface area contributed by atoms with Gasteiger partial charge in [-0.2, -0.15) is 0 Å². The van der Waals surface area contributed by atoms with E-state index in [9.17, 15) is 9.59 Å². The highest BCUT2D eigenvalue weighted by molar-refractivity contribution is 6.09. The second kappa shape index (κ2) is 5.20. The number of fused-ring (bicyclic) bond motifs is 2. The Bertz CT molecular complexity index is 917. The molecule has 7 heteroatoms. The van der Waals surface area contributed by atoms with Gasteiger partial charge in [-0.25, -0.2) is 4.68 Å². The number of rotatable bonds is 2. The van der Waals surface area contributed by atoms with Crippen molar-refractivity contribution in [1.82, 2.24) is 15.0 Å². The third-order valence-electron chi connectivity index (χ3n) is 3.78. The Kier molecular flexibility index (Phi) is 3.04. The predicted octanol–water partition coefficient (Wildman–Crippen LogP) is 1.42. The molecule has 114 valence electrons. The minimum atomic E-state index is -0.208. The maximum Gasteiger partial charge on any atom is 0.249 e. The SMILES string of the molecule is O=C1CN(C(=O)Cn2nnc3ccccc32)c2ccccc2N1. The molecule has 23 heavy (non-hydrogen) atoms. The van der Waals surface area contributed by atoms with Crippen LogP contribution in [0.15, 0.2) is 48.5 Å². The van der Waals surface area contributed by atoms with Crippen molar-refractivity contribution in [1.29, 1.82) is 0 Å². The number of hydrogen-bond acceptors (Lipinski definition) is 4. The van der Waals surface area contributed by atoms with Gasteiger partial charge in [-0.1, -0.05) is 29.5 Å². The lowest BCUT2D eigenvalue weighted by Gasteiger charge is -2.29. The summed E-state index contributed by atoms with van der Waals surface area (Å²) in [4.78, 5) is 26.0. The first-order valence-corrected chi connectivity index (χ1v) is 7.20. The molecule has 0 saturated heterocycles. The average molecular weight is 307 g/mol. The van der Waals surface area contributed by atoms with E-state index in [-0.39, 0.29) is 24.9 Å². The molecule has 7 nitrogen and oxygen atoms in total. The Morgan fingerprint density at radius 3 is 2.83 bits per heavy atom. The number of nitrogens with zero attached hydrogens (tertiary/aromatic N) is 4. The summed E-state index contributed by atoms with van der Waals surface area (Å²) >= 11 is 0. The minimum Gasteiger partial charge on any atom is -0.323 e. The Morgan fingerprint density at radius 2 is 1.91 bits per heavy atom. The molecule has 2 aromatic carbocycles. The molecular formula is C16H13N5O2. The molecule has 2 heterocycles. The van der Waals surface area contributed by atoms with Crippen LogP contribution in [-0.4, -0.2) is 33.4 Å². The minimum absolute atomic E-state index is 0.00246. The zero-order valence-corrected chi connectivity index (χ0v) is 12.1. The van der Waals surface area contributed by atoms with Gasteiger partial charge in [0.25, 0.3) is 0 Å². The Hall–Kier alpha value is -3.22. The van der Waals surface area contributed by atoms with Crippen LogP contribution in [0.2, 0.25) is 0 Å². The van der Waals surface area contributed by atoms with Crippen LogP contribution in [0.25, 0.3) is 11.0 Å². The summed E-state index contributed by atoms with van der Waals surface area (Å²) in [6, 6.07) is 14.7. The van der Waals surface area contributed by atoms with Gasteiger partial charge in [-0.3, -0.25) is 14.5 Å². The molecule has 3 aromatic rings. The fourth-order valence-electron chi connectivity index (χ4n) is 2.70. The highest BCUT2D eigenvalue weighted by atomic mass is 16.2. The highest BCUT2D eigenvalue weighted by Gasteiger charge is 2.27. The molecule has 0 bridgehead atoms. The van der Waals surface area contributed by atoms with E-state index in [1.165, 1.54) is 4.90 Å². The number of carbonyl (C=O) groups excluding carboxylic acids is 2. The molecule has 0 aliphatic carbocycles. The molecule has 0 radical (unpaired) electrons. The van der Waals surface area contributed by atoms with Crippen LogP contribution in [0.5, 0.6) is 0 Å².